The molecule has 0 spiro atoms. The molecule has 2 aromatic carbocycles. The fourth-order valence-electron chi connectivity index (χ4n) is 3.53. The van der Waals surface area contributed by atoms with Gasteiger partial charge in [-0.05, 0) is 62.2 Å². The Morgan fingerprint density at radius 1 is 1.15 bits per heavy atom. The van der Waals surface area contributed by atoms with E-state index in [4.69, 9.17) is 16.3 Å². The van der Waals surface area contributed by atoms with Crippen molar-refractivity contribution in [3.8, 4) is 5.75 Å². The van der Waals surface area contributed by atoms with Crippen molar-refractivity contribution in [1.82, 2.24) is 10.2 Å². The first kappa shape index (κ1) is 19.7. The van der Waals surface area contributed by atoms with Crippen molar-refractivity contribution in [3.63, 3.8) is 0 Å². The van der Waals surface area contributed by atoms with Crippen LogP contribution in [0.4, 0.5) is 0 Å². The molecule has 27 heavy (non-hydrogen) atoms. The summed E-state index contributed by atoms with van der Waals surface area (Å²) >= 11 is 6.45. The number of aryl methyl sites for hydroxylation is 1. The molecule has 1 saturated heterocycles. The average Bonchev–Trinajstić information content (AvgIpc) is 2.69. The van der Waals surface area contributed by atoms with Crippen molar-refractivity contribution >= 4 is 17.5 Å². The zero-order valence-electron chi connectivity index (χ0n) is 15.8. The largest absolute Gasteiger partial charge is 0.484 e. The molecule has 0 aliphatic carbocycles. The van der Waals surface area contributed by atoms with Crippen LogP contribution in [0.1, 0.15) is 36.4 Å². The molecular weight excluding hydrogens is 360 g/mol. The highest BCUT2D eigenvalue weighted by Gasteiger charge is 2.24. The van der Waals surface area contributed by atoms with Crippen LogP contribution in [-0.2, 0) is 4.79 Å². The number of piperidine rings is 1. The molecule has 1 fully saturated rings. The minimum absolute atomic E-state index is 0.0126. The lowest BCUT2D eigenvalue weighted by Gasteiger charge is -2.35. The highest BCUT2D eigenvalue weighted by Crippen LogP contribution is 2.29. The van der Waals surface area contributed by atoms with Crippen LogP contribution in [0, 0.1) is 6.92 Å². The van der Waals surface area contributed by atoms with Crippen LogP contribution in [-0.4, -0.2) is 37.0 Å². The van der Waals surface area contributed by atoms with E-state index in [-0.39, 0.29) is 18.6 Å². The van der Waals surface area contributed by atoms with Crippen LogP contribution in [0.25, 0.3) is 0 Å². The Balaban J connectivity index is 1.60. The summed E-state index contributed by atoms with van der Waals surface area (Å²) in [5.41, 5.74) is 2.18. The summed E-state index contributed by atoms with van der Waals surface area (Å²) in [7, 11) is 0. The number of carbonyl (C=O) groups excluding carboxylic acids is 1. The maximum atomic E-state index is 12.3. The zero-order valence-corrected chi connectivity index (χ0v) is 16.5. The van der Waals surface area contributed by atoms with E-state index in [1.54, 1.807) is 0 Å². The number of rotatable bonds is 7. The Morgan fingerprint density at radius 3 is 2.67 bits per heavy atom. The highest BCUT2D eigenvalue weighted by molar-refractivity contribution is 6.31. The second kappa shape index (κ2) is 9.77. The van der Waals surface area contributed by atoms with Crippen molar-refractivity contribution in [1.29, 1.82) is 0 Å². The van der Waals surface area contributed by atoms with Crippen LogP contribution >= 0.6 is 11.6 Å². The SMILES string of the molecule is Cc1cccc(OCC(=O)NCC(c2ccccc2Cl)N2CCCCC2)c1. The van der Waals surface area contributed by atoms with E-state index in [1.807, 2.05) is 49.4 Å². The lowest BCUT2D eigenvalue weighted by Crippen LogP contribution is -2.41. The number of halogens is 1. The monoisotopic (exact) mass is 386 g/mol. The number of hydrogen-bond donors (Lipinski definition) is 1. The molecule has 0 radical (unpaired) electrons. The van der Waals surface area contributed by atoms with Gasteiger partial charge >= 0.3 is 0 Å². The van der Waals surface area contributed by atoms with Crippen molar-refractivity contribution in [2.75, 3.05) is 26.2 Å². The molecule has 1 atom stereocenters. The Labute approximate surface area is 166 Å². The predicted molar refractivity (Wildman–Crippen MR) is 109 cm³/mol. The normalized spacial score (nSPS) is 15.9. The summed E-state index contributed by atoms with van der Waals surface area (Å²) in [6.07, 6.45) is 3.64. The van der Waals surface area contributed by atoms with Gasteiger partial charge in [-0.1, -0.05) is 48.4 Å². The number of hydrogen-bond acceptors (Lipinski definition) is 3. The molecule has 144 valence electrons. The third-order valence-electron chi connectivity index (χ3n) is 4.95. The number of amides is 1. The Hall–Kier alpha value is -2.04. The van der Waals surface area contributed by atoms with E-state index in [2.05, 4.69) is 16.3 Å². The molecule has 1 amide bonds. The fourth-order valence-corrected chi connectivity index (χ4v) is 3.79. The molecule has 1 heterocycles. The summed E-state index contributed by atoms with van der Waals surface area (Å²) in [6, 6.07) is 15.7. The molecular formula is C22H27ClN2O2. The molecule has 5 heteroatoms. The number of nitrogens with zero attached hydrogens (tertiary/aromatic N) is 1. The van der Waals surface area contributed by atoms with Gasteiger partial charge in [0.15, 0.2) is 6.61 Å². The molecule has 0 saturated carbocycles. The van der Waals surface area contributed by atoms with Gasteiger partial charge < -0.3 is 10.1 Å². The van der Waals surface area contributed by atoms with E-state index in [1.165, 1.54) is 19.3 Å². The molecule has 1 N–H and O–H groups in total. The first-order valence-corrected chi connectivity index (χ1v) is 9.96. The maximum absolute atomic E-state index is 12.3. The minimum Gasteiger partial charge on any atom is -0.484 e. The lowest BCUT2D eigenvalue weighted by atomic mass is 10.0. The van der Waals surface area contributed by atoms with Crippen molar-refractivity contribution in [3.05, 3.63) is 64.7 Å². The maximum Gasteiger partial charge on any atom is 0.258 e. The van der Waals surface area contributed by atoms with Gasteiger partial charge in [0.1, 0.15) is 5.75 Å². The van der Waals surface area contributed by atoms with Gasteiger partial charge in [0, 0.05) is 11.6 Å². The quantitative estimate of drug-likeness (QED) is 0.768. The van der Waals surface area contributed by atoms with Crippen LogP contribution in [0.15, 0.2) is 48.5 Å². The van der Waals surface area contributed by atoms with Crippen LogP contribution in [0.3, 0.4) is 0 Å². The van der Waals surface area contributed by atoms with Crippen molar-refractivity contribution < 1.29 is 9.53 Å². The van der Waals surface area contributed by atoms with Gasteiger partial charge in [-0.3, -0.25) is 9.69 Å². The van der Waals surface area contributed by atoms with Crippen molar-refractivity contribution in [2.24, 2.45) is 0 Å². The van der Waals surface area contributed by atoms with Gasteiger partial charge in [0.2, 0.25) is 0 Å². The lowest BCUT2D eigenvalue weighted by molar-refractivity contribution is -0.123. The van der Waals surface area contributed by atoms with Gasteiger partial charge in [-0.2, -0.15) is 0 Å². The van der Waals surface area contributed by atoms with Gasteiger partial charge in [-0.25, -0.2) is 0 Å². The first-order chi connectivity index (χ1) is 13.1. The number of nitrogens with one attached hydrogen (secondary N) is 1. The number of ether oxygens (including phenoxy) is 1. The summed E-state index contributed by atoms with van der Waals surface area (Å²) < 4.78 is 5.60. The zero-order chi connectivity index (χ0) is 19.1. The Kier molecular flexibility index (Phi) is 7.13. The van der Waals surface area contributed by atoms with E-state index in [9.17, 15) is 4.79 Å². The van der Waals surface area contributed by atoms with E-state index in [0.29, 0.717) is 12.3 Å². The summed E-state index contributed by atoms with van der Waals surface area (Å²) in [4.78, 5) is 14.7. The second-order valence-corrected chi connectivity index (χ2v) is 7.45. The molecule has 2 aromatic rings. The second-order valence-electron chi connectivity index (χ2n) is 7.04. The van der Waals surface area contributed by atoms with Gasteiger partial charge in [-0.15, -0.1) is 0 Å². The topological polar surface area (TPSA) is 41.6 Å². The smallest absolute Gasteiger partial charge is 0.258 e. The summed E-state index contributed by atoms with van der Waals surface area (Å²) in [5, 5.41) is 3.77. The Morgan fingerprint density at radius 2 is 1.93 bits per heavy atom. The minimum atomic E-state index is -0.120. The predicted octanol–water partition coefficient (Wildman–Crippen LogP) is 4.37. The number of carbonyl (C=O) groups is 1. The van der Waals surface area contributed by atoms with Gasteiger partial charge in [0.05, 0.1) is 6.04 Å². The van der Waals surface area contributed by atoms with Crippen LogP contribution < -0.4 is 10.1 Å². The molecule has 3 rings (SSSR count). The molecule has 0 aromatic heterocycles. The fraction of sp³-hybridized carbons (Fsp3) is 0.409. The molecule has 0 bridgehead atoms. The third-order valence-corrected chi connectivity index (χ3v) is 5.29. The van der Waals surface area contributed by atoms with Gasteiger partial charge in [0.25, 0.3) is 5.91 Å². The van der Waals surface area contributed by atoms with Crippen LogP contribution in [0.5, 0.6) is 5.75 Å². The van der Waals surface area contributed by atoms with Crippen molar-refractivity contribution in [2.45, 2.75) is 32.2 Å². The number of benzene rings is 2. The van der Waals surface area contributed by atoms with E-state index < -0.39 is 0 Å². The third kappa shape index (κ3) is 5.72. The summed E-state index contributed by atoms with van der Waals surface area (Å²) in [6.45, 7) is 4.61. The molecule has 1 aliphatic rings. The van der Waals surface area contributed by atoms with Crippen LogP contribution in [0.2, 0.25) is 5.02 Å². The molecule has 4 nitrogen and oxygen atoms in total. The first-order valence-electron chi connectivity index (χ1n) is 9.58. The molecule has 1 unspecified atom stereocenters. The number of likely N-dealkylation sites (tertiary alicyclic amines) is 1. The highest BCUT2D eigenvalue weighted by atomic mass is 35.5. The molecule has 1 aliphatic heterocycles. The summed E-state index contributed by atoms with van der Waals surface area (Å²) in [5.74, 6) is 0.592. The Bertz CT molecular complexity index is 759. The standard InChI is InChI=1S/C22H27ClN2O2/c1-17-8-7-9-18(14-17)27-16-22(26)24-15-21(25-12-5-2-6-13-25)19-10-3-4-11-20(19)23/h3-4,7-11,14,21H,2,5-6,12-13,15-16H2,1H3,(H,24,26). The average molecular weight is 387 g/mol. The van der Waals surface area contributed by atoms with E-state index in [0.717, 1.165) is 29.2 Å². The van der Waals surface area contributed by atoms with E-state index >= 15 is 0 Å².